The maximum atomic E-state index is 13.8. The molecule has 0 spiro atoms. The molecule has 2 rings (SSSR count). The van der Waals surface area contributed by atoms with Crippen molar-refractivity contribution in [3.8, 4) is 0 Å². The van der Waals surface area contributed by atoms with E-state index in [9.17, 15) is 23.7 Å². The van der Waals surface area contributed by atoms with Crippen LogP contribution >= 0.6 is 0 Å². The van der Waals surface area contributed by atoms with Crippen LogP contribution in [0, 0.1) is 21.7 Å². The van der Waals surface area contributed by atoms with Crippen molar-refractivity contribution in [1.29, 1.82) is 0 Å². The van der Waals surface area contributed by atoms with Crippen LogP contribution in [-0.4, -0.2) is 15.4 Å². The number of nitrogens with zero attached hydrogens (tertiary/aromatic N) is 2. The molecule has 0 saturated heterocycles. The Labute approximate surface area is 118 Å². The standard InChI is InChI=1S/C13H11F2N3O3/c1-17-6-2-3-8(17)7-16-13(19)11-9(14)4-5-10(12(11)15)18(20)21/h2-6H,7H2,1H3,(H,16,19). The Morgan fingerprint density at radius 1 is 1.38 bits per heavy atom. The lowest BCUT2D eigenvalue weighted by Gasteiger charge is -2.08. The minimum absolute atomic E-state index is 0.0455. The number of aromatic nitrogens is 1. The summed E-state index contributed by atoms with van der Waals surface area (Å²) in [7, 11) is 1.75. The maximum absolute atomic E-state index is 13.8. The molecule has 0 aliphatic heterocycles. The van der Waals surface area contributed by atoms with Gasteiger partial charge in [0, 0.05) is 25.0 Å². The molecule has 1 N–H and O–H groups in total. The summed E-state index contributed by atoms with van der Waals surface area (Å²) < 4.78 is 29.1. The van der Waals surface area contributed by atoms with Crippen LogP contribution in [0.4, 0.5) is 14.5 Å². The minimum Gasteiger partial charge on any atom is -0.353 e. The van der Waals surface area contributed by atoms with Gasteiger partial charge in [-0.3, -0.25) is 14.9 Å². The van der Waals surface area contributed by atoms with Gasteiger partial charge in [0.25, 0.3) is 5.91 Å². The highest BCUT2D eigenvalue weighted by atomic mass is 19.1. The largest absolute Gasteiger partial charge is 0.353 e. The molecule has 6 nitrogen and oxygen atoms in total. The summed E-state index contributed by atoms with van der Waals surface area (Å²) in [6.45, 7) is 0.0455. The van der Waals surface area contributed by atoms with Crippen LogP contribution < -0.4 is 5.32 Å². The first kappa shape index (κ1) is 14.6. The first-order valence-corrected chi connectivity index (χ1v) is 5.92. The number of nitro groups is 1. The van der Waals surface area contributed by atoms with Gasteiger partial charge in [0.2, 0.25) is 5.82 Å². The third kappa shape index (κ3) is 2.88. The molecule has 2 aromatic rings. The number of hydrogen-bond acceptors (Lipinski definition) is 3. The number of nitrogens with one attached hydrogen (secondary N) is 1. The Morgan fingerprint density at radius 2 is 2.10 bits per heavy atom. The van der Waals surface area contributed by atoms with Gasteiger partial charge in [-0.1, -0.05) is 0 Å². The minimum atomic E-state index is -1.48. The van der Waals surface area contributed by atoms with Crippen molar-refractivity contribution in [2.75, 3.05) is 0 Å². The Balaban J connectivity index is 2.25. The van der Waals surface area contributed by atoms with E-state index < -0.39 is 33.7 Å². The second kappa shape index (κ2) is 5.70. The Bertz CT molecular complexity index is 713. The third-order valence-corrected chi connectivity index (χ3v) is 2.98. The van der Waals surface area contributed by atoms with Crippen molar-refractivity contribution in [3.05, 3.63) is 63.5 Å². The third-order valence-electron chi connectivity index (χ3n) is 2.98. The number of carbonyl (C=O) groups is 1. The zero-order valence-electron chi connectivity index (χ0n) is 11.0. The number of hydrogen-bond donors (Lipinski definition) is 1. The van der Waals surface area contributed by atoms with Gasteiger partial charge in [0.1, 0.15) is 11.4 Å². The quantitative estimate of drug-likeness (QED) is 0.693. The van der Waals surface area contributed by atoms with Crippen LogP contribution in [0.25, 0.3) is 0 Å². The van der Waals surface area contributed by atoms with Gasteiger partial charge < -0.3 is 9.88 Å². The summed E-state index contributed by atoms with van der Waals surface area (Å²) in [6, 6.07) is 4.84. The SMILES string of the molecule is Cn1cccc1CNC(=O)c1c(F)ccc([N+](=O)[O-])c1F. The molecule has 0 bridgehead atoms. The number of halogens is 2. The molecule has 0 fully saturated rings. The molecule has 8 heteroatoms. The molecule has 1 aromatic carbocycles. The van der Waals surface area contributed by atoms with Gasteiger partial charge in [-0.2, -0.15) is 4.39 Å². The van der Waals surface area contributed by atoms with Gasteiger partial charge in [0.15, 0.2) is 0 Å². The van der Waals surface area contributed by atoms with E-state index in [1.807, 2.05) is 0 Å². The molecule has 0 aliphatic rings. The van der Waals surface area contributed by atoms with Gasteiger partial charge in [-0.25, -0.2) is 4.39 Å². The van der Waals surface area contributed by atoms with Crippen LogP contribution in [0.15, 0.2) is 30.5 Å². The van der Waals surface area contributed by atoms with Gasteiger partial charge >= 0.3 is 5.69 Å². The molecule has 1 amide bonds. The van der Waals surface area contributed by atoms with E-state index in [-0.39, 0.29) is 6.54 Å². The molecule has 0 aliphatic carbocycles. The zero-order chi connectivity index (χ0) is 15.6. The lowest BCUT2D eigenvalue weighted by atomic mass is 10.1. The second-order valence-electron chi connectivity index (χ2n) is 4.31. The van der Waals surface area contributed by atoms with Crippen molar-refractivity contribution < 1.29 is 18.5 Å². The van der Waals surface area contributed by atoms with E-state index >= 15 is 0 Å². The fraction of sp³-hybridized carbons (Fsp3) is 0.154. The maximum Gasteiger partial charge on any atom is 0.305 e. The zero-order valence-corrected chi connectivity index (χ0v) is 11.0. The Hall–Kier alpha value is -2.77. The van der Waals surface area contributed by atoms with E-state index in [2.05, 4.69) is 5.32 Å². The number of nitro benzene ring substituents is 1. The van der Waals surface area contributed by atoms with Crippen LogP contribution in [0.2, 0.25) is 0 Å². The normalized spacial score (nSPS) is 10.4. The summed E-state index contributed by atoms with van der Waals surface area (Å²) in [5.74, 6) is -3.68. The fourth-order valence-corrected chi connectivity index (χ4v) is 1.83. The van der Waals surface area contributed by atoms with E-state index in [0.29, 0.717) is 12.1 Å². The number of amides is 1. The van der Waals surface area contributed by atoms with E-state index in [1.165, 1.54) is 0 Å². The summed E-state index contributed by atoms with van der Waals surface area (Å²) in [6.07, 6.45) is 1.75. The smallest absolute Gasteiger partial charge is 0.305 e. The summed E-state index contributed by atoms with van der Waals surface area (Å²) in [4.78, 5) is 21.4. The molecule has 110 valence electrons. The molecule has 0 saturated carbocycles. The predicted octanol–water partition coefficient (Wildman–Crippen LogP) is 2.14. The molecular weight excluding hydrogens is 284 g/mol. The summed E-state index contributed by atoms with van der Waals surface area (Å²) >= 11 is 0. The van der Waals surface area contributed by atoms with Crippen LogP contribution in [-0.2, 0) is 13.6 Å². The highest BCUT2D eigenvalue weighted by molar-refractivity contribution is 5.95. The van der Waals surface area contributed by atoms with Crippen molar-refractivity contribution in [3.63, 3.8) is 0 Å². The molecule has 0 radical (unpaired) electrons. The van der Waals surface area contributed by atoms with E-state index in [4.69, 9.17) is 0 Å². The van der Waals surface area contributed by atoms with E-state index in [0.717, 1.165) is 5.69 Å². The highest BCUT2D eigenvalue weighted by Gasteiger charge is 2.26. The Kier molecular flexibility index (Phi) is 3.97. The first-order chi connectivity index (χ1) is 9.91. The van der Waals surface area contributed by atoms with Gasteiger partial charge in [-0.15, -0.1) is 0 Å². The van der Waals surface area contributed by atoms with Crippen molar-refractivity contribution in [2.24, 2.45) is 7.05 Å². The van der Waals surface area contributed by atoms with Gasteiger partial charge in [0.05, 0.1) is 11.5 Å². The topological polar surface area (TPSA) is 77.2 Å². The van der Waals surface area contributed by atoms with E-state index in [1.54, 1.807) is 29.9 Å². The first-order valence-electron chi connectivity index (χ1n) is 5.92. The average molecular weight is 295 g/mol. The fourth-order valence-electron chi connectivity index (χ4n) is 1.83. The van der Waals surface area contributed by atoms with Crippen LogP contribution in [0.1, 0.15) is 16.1 Å². The number of aryl methyl sites for hydroxylation is 1. The molecule has 1 heterocycles. The second-order valence-corrected chi connectivity index (χ2v) is 4.31. The monoisotopic (exact) mass is 295 g/mol. The molecule has 1 aromatic heterocycles. The summed E-state index contributed by atoms with van der Waals surface area (Å²) in [5, 5.41) is 12.9. The molecule has 0 unspecified atom stereocenters. The van der Waals surface area contributed by atoms with Crippen molar-refractivity contribution in [2.45, 2.75) is 6.54 Å². The highest BCUT2D eigenvalue weighted by Crippen LogP contribution is 2.23. The summed E-state index contributed by atoms with van der Waals surface area (Å²) in [5.41, 5.74) is -1.19. The average Bonchev–Trinajstić information content (AvgIpc) is 2.81. The predicted molar refractivity (Wildman–Crippen MR) is 69.6 cm³/mol. The lowest BCUT2D eigenvalue weighted by molar-refractivity contribution is -0.387. The number of carbonyl (C=O) groups excluding carboxylic acids is 1. The van der Waals surface area contributed by atoms with Crippen molar-refractivity contribution >= 4 is 11.6 Å². The van der Waals surface area contributed by atoms with Gasteiger partial charge in [-0.05, 0) is 18.2 Å². The number of benzene rings is 1. The Morgan fingerprint density at radius 3 is 2.67 bits per heavy atom. The molecule has 21 heavy (non-hydrogen) atoms. The lowest BCUT2D eigenvalue weighted by Crippen LogP contribution is -2.26. The van der Waals surface area contributed by atoms with Crippen LogP contribution in [0.3, 0.4) is 0 Å². The molecule has 0 atom stereocenters. The number of rotatable bonds is 4. The molecular formula is C13H11F2N3O3. The van der Waals surface area contributed by atoms with Crippen molar-refractivity contribution in [1.82, 2.24) is 9.88 Å². The van der Waals surface area contributed by atoms with Crippen LogP contribution in [0.5, 0.6) is 0 Å².